The van der Waals surface area contributed by atoms with Crippen LogP contribution in [0.1, 0.15) is 26.7 Å². The Kier molecular flexibility index (Phi) is 2.27. The molecule has 1 fully saturated rings. The summed E-state index contributed by atoms with van der Waals surface area (Å²) in [5.41, 5.74) is 0. The van der Waals surface area contributed by atoms with Crippen LogP contribution in [-0.2, 0) is 9.59 Å². The fourth-order valence-corrected chi connectivity index (χ4v) is 0.746. The van der Waals surface area contributed by atoms with Crippen LogP contribution in [-0.4, -0.2) is 17.7 Å². The van der Waals surface area contributed by atoms with E-state index < -0.39 is 5.91 Å². The highest BCUT2D eigenvalue weighted by Gasteiger charge is 2.27. The highest BCUT2D eigenvalue weighted by molar-refractivity contribution is 6.36. The Morgan fingerprint density at radius 3 is 2.27 bits per heavy atom. The predicted octanol–water partition coefficient (Wildman–Crippen LogP) is 0.490. The molecule has 0 aliphatic heterocycles. The Hall–Kier alpha value is -0.860. The van der Waals surface area contributed by atoms with E-state index in [1.165, 1.54) is 0 Å². The molecule has 1 rings (SSSR count). The Morgan fingerprint density at radius 1 is 1.36 bits per heavy atom. The summed E-state index contributed by atoms with van der Waals surface area (Å²) >= 11 is 0. The SMILES string of the molecule is CC(C)C(=O)C(=O)NC1CC1. The molecule has 0 radical (unpaired) electrons. The number of ketones is 1. The molecule has 1 N–H and O–H groups in total. The molecule has 0 unspecified atom stereocenters. The molecule has 0 spiro atoms. The van der Waals surface area contributed by atoms with Gasteiger partial charge in [-0.05, 0) is 12.8 Å². The highest BCUT2D eigenvalue weighted by Crippen LogP contribution is 2.18. The zero-order chi connectivity index (χ0) is 8.43. The molecule has 0 aromatic rings. The Morgan fingerprint density at radius 2 is 1.91 bits per heavy atom. The van der Waals surface area contributed by atoms with Crippen LogP contribution in [0.4, 0.5) is 0 Å². The summed E-state index contributed by atoms with van der Waals surface area (Å²) in [6.07, 6.45) is 2.05. The van der Waals surface area contributed by atoms with Gasteiger partial charge in [0.15, 0.2) is 0 Å². The normalized spacial score (nSPS) is 16.6. The van der Waals surface area contributed by atoms with Gasteiger partial charge < -0.3 is 5.32 Å². The second kappa shape index (κ2) is 3.03. The van der Waals surface area contributed by atoms with E-state index in [0.29, 0.717) is 0 Å². The molecule has 0 aromatic heterocycles. The molecule has 1 aliphatic carbocycles. The minimum absolute atomic E-state index is 0.186. The summed E-state index contributed by atoms with van der Waals surface area (Å²) < 4.78 is 0. The maximum Gasteiger partial charge on any atom is 0.287 e. The summed E-state index contributed by atoms with van der Waals surface area (Å²) in [6.45, 7) is 3.46. The largest absolute Gasteiger partial charge is 0.347 e. The lowest BCUT2D eigenvalue weighted by molar-refractivity contribution is -0.139. The van der Waals surface area contributed by atoms with Crippen molar-refractivity contribution >= 4 is 11.7 Å². The van der Waals surface area contributed by atoms with Gasteiger partial charge in [-0.2, -0.15) is 0 Å². The predicted molar refractivity (Wildman–Crippen MR) is 41.0 cm³/mol. The molecular formula is C8H13NO2. The molecule has 0 atom stereocenters. The van der Waals surface area contributed by atoms with Gasteiger partial charge in [-0.1, -0.05) is 13.8 Å². The van der Waals surface area contributed by atoms with Crippen LogP contribution in [0.2, 0.25) is 0 Å². The summed E-state index contributed by atoms with van der Waals surface area (Å²) in [4.78, 5) is 22.0. The molecule has 3 nitrogen and oxygen atoms in total. The summed E-state index contributed by atoms with van der Waals surface area (Å²) in [5.74, 6) is -0.909. The van der Waals surface area contributed by atoms with E-state index in [4.69, 9.17) is 0 Å². The van der Waals surface area contributed by atoms with Gasteiger partial charge in [0.05, 0.1) is 0 Å². The van der Waals surface area contributed by atoms with Crippen LogP contribution < -0.4 is 5.32 Å². The van der Waals surface area contributed by atoms with Gasteiger partial charge in [-0.25, -0.2) is 0 Å². The molecule has 11 heavy (non-hydrogen) atoms. The number of amides is 1. The first-order valence-electron chi connectivity index (χ1n) is 3.96. The van der Waals surface area contributed by atoms with Gasteiger partial charge in [-0.3, -0.25) is 9.59 Å². The van der Waals surface area contributed by atoms with E-state index in [1.54, 1.807) is 13.8 Å². The van der Waals surface area contributed by atoms with Crippen molar-refractivity contribution in [2.45, 2.75) is 32.7 Å². The molecule has 1 amide bonds. The number of carbonyl (C=O) groups excluding carboxylic acids is 2. The Bertz CT molecular complexity index is 183. The van der Waals surface area contributed by atoms with Crippen molar-refractivity contribution in [1.82, 2.24) is 5.32 Å². The number of hydrogen-bond acceptors (Lipinski definition) is 2. The summed E-state index contributed by atoms with van der Waals surface area (Å²) in [6, 6.07) is 0.283. The highest BCUT2D eigenvalue weighted by atomic mass is 16.2. The fraction of sp³-hybridized carbons (Fsp3) is 0.750. The molecule has 0 heterocycles. The van der Waals surface area contributed by atoms with Gasteiger partial charge in [0, 0.05) is 12.0 Å². The quantitative estimate of drug-likeness (QED) is 0.603. The van der Waals surface area contributed by atoms with Crippen molar-refractivity contribution in [3.63, 3.8) is 0 Å². The first kappa shape index (κ1) is 8.24. The van der Waals surface area contributed by atoms with E-state index in [0.717, 1.165) is 12.8 Å². The molecule has 0 saturated heterocycles. The fourth-order valence-electron chi connectivity index (χ4n) is 0.746. The van der Waals surface area contributed by atoms with Crippen molar-refractivity contribution in [2.24, 2.45) is 5.92 Å². The van der Waals surface area contributed by atoms with Crippen molar-refractivity contribution in [3.8, 4) is 0 Å². The van der Waals surface area contributed by atoms with Crippen LogP contribution in [0.15, 0.2) is 0 Å². The van der Waals surface area contributed by atoms with Crippen LogP contribution in [0.3, 0.4) is 0 Å². The molecular weight excluding hydrogens is 142 g/mol. The van der Waals surface area contributed by atoms with Gasteiger partial charge in [0.2, 0.25) is 5.78 Å². The van der Waals surface area contributed by atoms with Crippen LogP contribution in [0, 0.1) is 5.92 Å². The minimum atomic E-state index is -0.414. The second-order valence-electron chi connectivity index (χ2n) is 3.27. The zero-order valence-electron chi connectivity index (χ0n) is 6.89. The van der Waals surface area contributed by atoms with Gasteiger partial charge >= 0.3 is 0 Å². The number of rotatable bonds is 3. The first-order chi connectivity index (χ1) is 5.11. The monoisotopic (exact) mass is 155 g/mol. The number of hydrogen-bond donors (Lipinski definition) is 1. The van der Waals surface area contributed by atoms with Gasteiger partial charge in [0.1, 0.15) is 0 Å². The lowest BCUT2D eigenvalue weighted by Gasteiger charge is -2.03. The lowest BCUT2D eigenvalue weighted by atomic mass is 10.1. The number of nitrogens with one attached hydrogen (secondary N) is 1. The smallest absolute Gasteiger partial charge is 0.287 e. The van der Waals surface area contributed by atoms with Gasteiger partial charge in [-0.15, -0.1) is 0 Å². The van der Waals surface area contributed by atoms with Crippen LogP contribution in [0.5, 0.6) is 0 Å². The number of Topliss-reactive ketones (excluding diaryl/α,β-unsaturated/α-hetero) is 1. The summed E-state index contributed by atoms with van der Waals surface area (Å²) in [7, 11) is 0. The van der Waals surface area contributed by atoms with E-state index in [1.807, 2.05) is 0 Å². The average Bonchev–Trinajstić information content (AvgIpc) is 2.69. The number of carbonyl (C=O) groups is 2. The van der Waals surface area contributed by atoms with E-state index in [2.05, 4.69) is 5.32 Å². The maximum atomic E-state index is 11.0. The minimum Gasteiger partial charge on any atom is -0.347 e. The first-order valence-corrected chi connectivity index (χ1v) is 3.96. The third-order valence-electron chi connectivity index (χ3n) is 1.66. The molecule has 3 heteroatoms. The van der Waals surface area contributed by atoms with Crippen LogP contribution in [0.25, 0.3) is 0 Å². The third-order valence-corrected chi connectivity index (χ3v) is 1.66. The van der Waals surface area contributed by atoms with E-state index in [9.17, 15) is 9.59 Å². The average molecular weight is 155 g/mol. The topological polar surface area (TPSA) is 46.2 Å². The Labute approximate surface area is 66.2 Å². The molecule has 0 aromatic carbocycles. The van der Waals surface area contributed by atoms with Crippen LogP contribution >= 0.6 is 0 Å². The molecule has 1 aliphatic rings. The van der Waals surface area contributed by atoms with Crippen molar-refractivity contribution < 1.29 is 9.59 Å². The van der Waals surface area contributed by atoms with Crippen molar-refractivity contribution in [1.29, 1.82) is 0 Å². The van der Waals surface area contributed by atoms with Gasteiger partial charge in [0.25, 0.3) is 5.91 Å². The second-order valence-corrected chi connectivity index (χ2v) is 3.27. The van der Waals surface area contributed by atoms with E-state index in [-0.39, 0.29) is 17.7 Å². The van der Waals surface area contributed by atoms with Crippen molar-refractivity contribution in [2.75, 3.05) is 0 Å². The lowest BCUT2D eigenvalue weighted by Crippen LogP contribution is -2.35. The van der Waals surface area contributed by atoms with Crippen molar-refractivity contribution in [3.05, 3.63) is 0 Å². The van der Waals surface area contributed by atoms with E-state index >= 15 is 0 Å². The Balaban J connectivity index is 2.33. The third kappa shape index (κ3) is 2.33. The summed E-state index contributed by atoms with van der Waals surface area (Å²) in [5, 5.41) is 2.65. The standard InChI is InChI=1S/C8H13NO2/c1-5(2)7(10)8(11)9-6-3-4-6/h5-6H,3-4H2,1-2H3,(H,9,11). The maximum absolute atomic E-state index is 11.0. The molecule has 62 valence electrons. The molecule has 0 bridgehead atoms. The zero-order valence-corrected chi connectivity index (χ0v) is 6.89. The molecule has 1 saturated carbocycles.